The summed E-state index contributed by atoms with van der Waals surface area (Å²) >= 11 is 0. The van der Waals surface area contributed by atoms with E-state index in [4.69, 9.17) is 10.4 Å². The Morgan fingerprint density at radius 2 is 1.22 bits per heavy atom. The Bertz CT molecular complexity index is 3350. The maximum absolute atomic E-state index is 7.56. The van der Waals surface area contributed by atoms with Gasteiger partial charge in [-0.2, -0.15) is 0 Å². The van der Waals surface area contributed by atoms with Gasteiger partial charge in [-0.1, -0.05) is 172 Å². The van der Waals surface area contributed by atoms with E-state index >= 15 is 0 Å². The molecule has 0 saturated carbocycles. The summed E-state index contributed by atoms with van der Waals surface area (Å²) in [5.41, 5.74) is 20.4. The molecular formula is C61H46N2. The molecule has 1 unspecified atom stereocenters. The van der Waals surface area contributed by atoms with Crippen molar-refractivity contribution in [1.82, 2.24) is 4.98 Å². The second-order valence-electron chi connectivity index (χ2n) is 17.5. The highest BCUT2D eigenvalue weighted by molar-refractivity contribution is 6.03. The van der Waals surface area contributed by atoms with Crippen LogP contribution in [0, 0.1) is 5.41 Å². The molecule has 11 rings (SSSR count). The summed E-state index contributed by atoms with van der Waals surface area (Å²) in [5.74, 6) is 0.284. The first kappa shape index (κ1) is 38.3. The monoisotopic (exact) mass is 806 g/mol. The third-order valence-electron chi connectivity index (χ3n) is 13.3. The van der Waals surface area contributed by atoms with Gasteiger partial charge in [-0.15, -0.1) is 0 Å². The molecule has 0 fully saturated rings. The summed E-state index contributed by atoms with van der Waals surface area (Å²) in [6, 6.07) is 62.9. The van der Waals surface area contributed by atoms with Crippen molar-refractivity contribution in [3.63, 3.8) is 0 Å². The third kappa shape index (κ3) is 6.95. The molecule has 0 saturated heterocycles. The minimum Gasteiger partial charge on any atom is -0.309 e. The lowest BCUT2D eigenvalue weighted by Gasteiger charge is -2.22. The quantitative estimate of drug-likeness (QED) is 0.153. The van der Waals surface area contributed by atoms with Gasteiger partial charge in [0, 0.05) is 34.7 Å². The van der Waals surface area contributed by atoms with Crippen LogP contribution in [0.15, 0.2) is 206 Å². The van der Waals surface area contributed by atoms with E-state index in [1.165, 1.54) is 72.6 Å². The molecule has 8 aromatic carbocycles. The molecular weight excluding hydrogens is 761 g/mol. The minimum atomic E-state index is -0.0910. The first-order valence-corrected chi connectivity index (χ1v) is 21.9. The zero-order valence-electron chi connectivity index (χ0n) is 35.5. The van der Waals surface area contributed by atoms with E-state index < -0.39 is 0 Å². The van der Waals surface area contributed by atoms with Crippen molar-refractivity contribution in [2.45, 2.75) is 31.6 Å². The van der Waals surface area contributed by atoms with E-state index in [1.54, 1.807) is 6.08 Å². The van der Waals surface area contributed by atoms with Gasteiger partial charge < -0.3 is 5.41 Å². The molecule has 0 aliphatic heterocycles. The molecule has 0 amide bonds. The Hall–Kier alpha value is -7.68. The molecule has 2 nitrogen and oxygen atoms in total. The SMILES string of the molecule is CC1(C)c2cc(-c3ccc(-c4cc(-c5cc(-c6cccc(/C=C\C=N)c6)cc(-c6cccc7cccnc67)c5)cc(C5C=CC=CC5)c4)cc3)ccc2-c2c1ccc1ccccc21. The normalized spacial score (nSPS) is 14.9. The highest BCUT2D eigenvalue weighted by Gasteiger charge is 2.36. The van der Waals surface area contributed by atoms with Crippen molar-refractivity contribution in [3.8, 4) is 66.8 Å². The van der Waals surface area contributed by atoms with Crippen molar-refractivity contribution in [2.24, 2.45) is 0 Å². The largest absolute Gasteiger partial charge is 0.309 e. The highest BCUT2D eigenvalue weighted by atomic mass is 14.6. The van der Waals surface area contributed by atoms with Crippen molar-refractivity contribution < 1.29 is 0 Å². The van der Waals surface area contributed by atoms with Crippen LogP contribution < -0.4 is 0 Å². The van der Waals surface area contributed by atoms with Crippen LogP contribution in [0.5, 0.6) is 0 Å². The van der Waals surface area contributed by atoms with E-state index in [-0.39, 0.29) is 11.3 Å². The van der Waals surface area contributed by atoms with Crippen LogP contribution in [0.1, 0.15) is 48.4 Å². The average Bonchev–Trinajstić information content (AvgIpc) is 3.58. The smallest absolute Gasteiger partial charge is 0.0780 e. The van der Waals surface area contributed by atoms with Gasteiger partial charge in [0.1, 0.15) is 0 Å². The van der Waals surface area contributed by atoms with Crippen LogP contribution >= 0.6 is 0 Å². The Morgan fingerprint density at radius 1 is 0.540 bits per heavy atom. The molecule has 2 heteroatoms. The van der Waals surface area contributed by atoms with Crippen LogP contribution in [-0.2, 0) is 5.41 Å². The summed E-state index contributed by atoms with van der Waals surface area (Å²) < 4.78 is 0. The summed E-state index contributed by atoms with van der Waals surface area (Å²) in [6.45, 7) is 4.74. The standard InChI is InChI=1S/C61H46N2/c1-61(2)57-29-27-44-16-6-7-20-54(44)59(57)56-28-26-47(39-58(56)61)42-22-24-43(25-23-42)49-33-48(41-14-4-3-5-15-41)34-51(35-49)52-36-50(46-18-8-12-40(32-46)13-10-30-62)37-53(38-52)55-21-9-17-45-19-11-31-63-60(45)55/h3-14,16-39,41,62H,15H2,1-2H3/b13-10-,62-30?. The summed E-state index contributed by atoms with van der Waals surface area (Å²) in [4.78, 5) is 4.87. The number of fused-ring (bicyclic) bond motifs is 6. The number of nitrogens with one attached hydrogen (secondary N) is 1. The number of para-hydroxylation sites is 1. The Balaban J connectivity index is 1.02. The fraction of sp³-hybridized carbons (Fsp3) is 0.0820. The number of hydrogen-bond acceptors (Lipinski definition) is 2. The number of allylic oxidation sites excluding steroid dienone is 5. The van der Waals surface area contributed by atoms with Gasteiger partial charge in [0.2, 0.25) is 0 Å². The van der Waals surface area contributed by atoms with Crippen molar-refractivity contribution >= 4 is 34.0 Å². The lowest BCUT2D eigenvalue weighted by Crippen LogP contribution is -2.15. The lowest BCUT2D eigenvalue weighted by atomic mass is 9.81. The number of hydrogen-bond donors (Lipinski definition) is 1. The molecule has 300 valence electrons. The van der Waals surface area contributed by atoms with E-state index in [1.807, 2.05) is 18.3 Å². The molecule has 1 atom stereocenters. The van der Waals surface area contributed by atoms with Gasteiger partial charge in [-0.25, -0.2) is 0 Å². The highest BCUT2D eigenvalue weighted by Crippen LogP contribution is 2.52. The first-order valence-electron chi connectivity index (χ1n) is 21.9. The molecule has 9 aromatic rings. The Labute approximate surface area is 369 Å². The summed E-state index contributed by atoms with van der Waals surface area (Å²) in [6.07, 6.45) is 16.9. The second kappa shape index (κ2) is 15.7. The molecule has 2 aliphatic rings. The second-order valence-corrected chi connectivity index (χ2v) is 17.5. The lowest BCUT2D eigenvalue weighted by molar-refractivity contribution is 0.661. The van der Waals surface area contributed by atoms with E-state index in [0.717, 1.165) is 50.7 Å². The van der Waals surface area contributed by atoms with Crippen molar-refractivity contribution in [1.29, 1.82) is 5.41 Å². The van der Waals surface area contributed by atoms with Gasteiger partial charge in [-0.05, 0) is 149 Å². The van der Waals surface area contributed by atoms with E-state index in [9.17, 15) is 0 Å². The fourth-order valence-electron chi connectivity index (χ4n) is 10.0. The Morgan fingerprint density at radius 3 is 2.03 bits per heavy atom. The fourth-order valence-corrected chi connectivity index (χ4v) is 10.0. The number of rotatable bonds is 8. The van der Waals surface area contributed by atoms with Gasteiger partial charge in [0.05, 0.1) is 5.52 Å². The average molecular weight is 807 g/mol. The third-order valence-corrected chi connectivity index (χ3v) is 13.3. The van der Waals surface area contributed by atoms with Crippen LogP contribution in [0.4, 0.5) is 0 Å². The number of benzene rings is 8. The molecule has 63 heavy (non-hydrogen) atoms. The minimum absolute atomic E-state index is 0.0910. The zero-order chi connectivity index (χ0) is 42.5. The molecule has 0 radical (unpaired) electrons. The van der Waals surface area contributed by atoms with Gasteiger partial charge in [0.25, 0.3) is 0 Å². The topological polar surface area (TPSA) is 36.7 Å². The van der Waals surface area contributed by atoms with Crippen LogP contribution in [-0.4, -0.2) is 11.2 Å². The predicted octanol–water partition coefficient (Wildman–Crippen LogP) is 16.3. The maximum atomic E-state index is 7.56. The molecule has 1 heterocycles. The predicted molar refractivity (Wildman–Crippen MR) is 267 cm³/mol. The Kier molecular flexibility index (Phi) is 9.51. The number of aromatic nitrogens is 1. The van der Waals surface area contributed by atoms with E-state index in [2.05, 4.69) is 202 Å². The molecule has 1 N–H and O–H groups in total. The number of nitrogens with zero attached hydrogens (tertiary/aromatic N) is 1. The van der Waals surface area contributed by atoms with Crippen molar-refractivity contribution in [3.05, 3.63) is 229 Å². The van der Waals surface area contributed by atoms with Crippen LogP contribution in [0.2, 0.25) is 0 Å². The molecule has 2 aliphatic carbocycles. The van der Waals surface area contributed by atoms with Gasteiger partial charge >= 0.3 is 0 Å². The number of pyridine rings is 1. The van der Waals surface area contributed by atoms with Crippen molar-refractivity contribution in [2.75, 3.05) is 0 Å². The van der Waals surface area contributed by atoms with Crippen LogP contribution in [0.25, 0.3) is 94.5 Å². The molecule has 1 aromatic heterocycles. The molecule has 0 bridgehead atoms. The maximum Gasteiger partial charge on any atom is 0.0780 e. The summed E-state index contributed by atoms with van der Waals surface area (Å²) in [7, 11) is 0. The molecule has 0 spiro atoms. The van der Waals surface area contributed by atoms with Gasteiger partial charge in [-0.3, -0.25) is 4.98 Å². The zero-order valence-corrected chi connectivity index (χ0v) is 35.5. The first-order chi connectivity index (χ1) is 30.9. The summed E-state index contributed by atoms with van der Waals surface area (Å²) in [5, 5.41) is 11.3. The van der Waals surface area contributed by atoms with Gasteiger partial charge in [0.15, 0.2) is 0 Å². The van der Waals surface area contributed by atoms with E-state index in [0.29, 0.717) is 0 Å². The van der Waals surface area contributed by atoms with Crippen LogP contribution in [0.3, 0.4) is 0 Å².